The van der Waals surface area contributed by atoms with Gasteiger partial charge in [-0.2, -0.15) is 0 Å². The Kier molecular flexibility index (Phi) is 4.65. The van der Waals surface area contributed by atoms with E-state index in [0.29, 0.717) is 11.5 Å². The normalized spacial score (nSPS) is 10.4. The van der Waals surface area contributed by atoms with E-state index in [2.05, 4.69) is 4.98 Å². The number of thiazole rings is 1. The Labute approximate surface area is 116 Å². The van der Waals surface area contributed by atoms with Gasteiger partial charge in [0.05, 0.1) is 17.2 Å². The minimum absolute atomic E-state index is 0.632. The van der Waals surface area contributed by atoms with Crippen molar-refractivity contribution in [3.8, 4) is 11.3 Å². The second kappa shape index (κ2) is 6.45. The minimum atomic E-state index is 0.632. The molecule has 0 bridgehead atoms. The molecule has 1 aromatic heterocycles. The zero-order valence-electron chi connectivity index (χ0n) is 11.0. The fourth-order valence-corrected chi connectivity index (χ4v) is 2.58. The molecule has 0 saturated heterocycles. The Morgan fingerprint density at radius 1 is 1.37 bits per heavy atom. The van der Waals surface area contributed by atoms with E-state index in [-0.39, 0.29) is 0 Å². The highest BCUT2D eigenvalue weighted by Crippen LogP contribution is 2.31. The molecule has 5 heteroatoms. The molecule has 2 rings (SSSR count). The smallest absolute Gasteiger partial charge is 0.186 e. The summed E-state index contributed by atoms with van der Waals surface area (Å²) in [4.78, 5) is 18.4. The summed E-state index contributed by atoms with van der Waals surface area (Å²) in [6.45, 7) is 1.38. The number of carbonyl (C=O) groups excluding carboxylic acids is 1. The van der Waals surface area contributed by atoms with Crippen molar-refractivity contribution in [3.05, 3.63) is 35.2 Å². The summed E-state index contributed by atoms with van der Waals surface area (Å²) < 4.78 is 5.05. The van der Waals surface area contributed by atoms with Crippen molar-refractivity contribution in [1.29, 1.82) is 0 Å². The van der Waals surface area contributed by atoms with E-state index < -0.39 is 0 Å². The third-order valence-electron chi connectivity index (χ3n) is 2.75. The first-order valence-electron chi connectivity index (χ1n) is 5.97. The van der Waals surface area contributed by atoms with Gasteiger partial charge in [-0.3, -0.25) is 4.79 Å². The highest BCUT2D eigenvalue weighted by Gasteiger charge is 2.14. The molecular formula is C14H16N2O2S. The number of aromatic nitrogens is 1. The third-order valence-corrected chi connectivity index (χ3v) is 3.85. The van der Waals surface area contributed by atoms with Gasteiger partial charge in [0, 0.05) is 26.3 Å². The lowest BCUT2D eigenvalue weighted by atomic mass is 10.1. The van der Waals surface area contributed by atoms with Crippen LogP contribution in [0.15, 0.2) is 30.3 Å². The van der Waals surface area contributed by atoms with Crippen molar-refractivity contribution < 1.29 is 9.53 Å². The zero-order valence-corrected chi connectivity index (χ0v) is 11.8. The third kappa shape index (κ3) is 3.19. The Bertz CT molecular complexity index is 540. The predicted octanol–water partition coefficient (Wildman–Crippen LogP) is 2.71. The molecule has 0 fully saturated rings. The fourth-order valence-electron chi connectivity index (χ4n) is 1.69. The van der Waals surface area contributed by atoms with Crippen LogP contribution in [0.1, 0.15) is 9.67 Å². The van der Waals surface area contributed by atoms with Gasteiger partial charge < -0.3 is 9.64 Å². The summed E-state index contributed by atoms with van der Waals surface area (Å²) in [5.74, 6) is 0. The molecule has 4 nitrogen and oxygen atoms in total. The first kappa shape index (κ1) is 13.7. The lowest BCUT2D eigenvalue weighted by Crippen LogP contribution is -2.21. The minimum Gasteiger partial charge on any atom is -0.383 e. The van der Waals surface area contributed by atoms with Crippen LogP contribution in [0.25, 0.3) is 11.3 Å². The second-order valence-corrected chi connectivity index (χ2v) is 5.12. The van der Waals surface area contributed by atoms with Crippen molar-refractivity contribution in [3.63, 3.8) is 0 Å². The van der Waals surface area contributed by atoms with Crippen molar-refractivity contribution >= 4 is 22.8 Å². The number of ether oxygens (including phenoxy) is 1. The topological polar surface area (TPSA) is 42.4 Å². The lowest BCUT2D eigenvalue weighted by molar-refractivity contribution is 0.112. The number of hydrogen-bond acceptors (Lipinski definition) is 5. The van der Waals surface area contributed by atoms with Crippen LogP contribution in [0.2, 0.25) is 0 Å². The summed E-state index contributed by atoms with van der Waals surface area (Å²) in [5.41, 5.74) is 1.71. The Morgan fingerprint density at radius 3 is 2.74 bits per heavy atom. The maximum absolute atomic E-state index is 11.2. The number of anilines is 1. The largest absolute Gasteiger partial charge is 0.383 e. The molecule has 0 aliphatic carbocycles. The van der Waals surface area contributed by atoms with Crippen LogP contribution < -0.4 is 4.90 Å². The van der Waals surface area contributed by atoms with Gasteiger partial charge in [-0.25, -0.2) is 4.98 Å². The van der Waals surface area contributed by atoms with Gasteiger partial charge in [0.1, 0.15) is 0 Å². The number of aldehydes is 1. The summed E-state index contributed by atoms with van der Waals surface area (Å²) in [6.07, 6.45) is 0.869. The first-order valence-corrected chi connectivity index (χ1v) is 6.79. The summed E-state index contributed by atoms with van der Waals surface area (Å²) >= 11 is 1.40. The van der Waals surface area contributed by atoms with E-state index in [1.807, 2.05) is 42.3 Å². The average molecular weight is 276 g/mol. The van der Waals surface area contributed by atoms with E-state index >= 15 is 0 Å². The molecule has 100 valence electrons. The Hall–Kier alpha value is -1.72. The fraction of sp³-hybridized carbons (Fsp3) is 0.286. The van der Waals surface area contributed by atoms with Crippen LogP contribution in [0, 0.1) is 0 Å². The van der Waals surface area contributed by atoms with Crippen LogP contribution in [0.4, 0.5) is 5.13 Å². The standard InChI is InChI=1S/C14H16N2O2S/c1-16(8-9-18-2)14-15-13(12(10-17)19-14)11-6-4-3-5-7-11/h3-7,10H,8-9H2,1-2H3. The molecule has 0 amide bonds. The van der Waals surface area contributed by atoms with Crippen molar-refractivity contribution in [2.45, 2.75) is 0 Å². The molecule has 2 aromatic rings. The van der Waals surface area contributed by atoms with E-state index in [1.54, 1.807) is 7.11 Å². The van der Waals surface area contributed by atoms with Crippen LogP contribution in [-0.2, 0) is 4.74 Å². The molecular weight excluding hydrogens is 260 g/mol. The molecule has 0 spiro atoms. The quantitative estimate of drug-likeness (QED) is 0.761. The summed E-state index contributed by atoms with van der Waals surface area (Å²) in [7, 11) is 3.61. The molecule has 1 heterocycles. The van der Waals surface area contributed by atoms with Crippen molar-refractivity contribution in [1.82, 2.24) is 4.98 Å². The van der Waals surface area contributed by atoms with Gasteiger partial charge in [0.2, 0.25) is 0 Å². The molecule has 1 aromatic carbocycles. The van der Waals surface area contributed by atoms with E-state index in [9.17, 15) is 4.79 Å². The Morgan fingerprint density at radius 2 is 2.11 bits per heavy atom. The highest BCUT2D eigenvalue weighted by atomic mass is 32.1. The molecule has 0 N–H and O–H groups in total. The van der Waals surface area contributed by atoms with Gasteiger partial charge in [-0.15, -0.1) is 0 Å². The molecule has 0 radical (unpaired) electrons. The van der Waals surface area contributed by atoms with E-state index in [0.717, 1.165) is 29.2 Å². The SMILES string of the molecule is COCCN(C)c1nc(-c2ccccc2)c(C=O)s1. The van der Waals surface area contributed by atoms with E-state index in [4.69, 9.17) is 4.74 Å². The number of rotatable bonds is 6. The number of nitrogens with zero attached hydrogens (tertiary/aromatic N) is 2. The molecule has 0 unspecified atom stereocenters. The number of carbonyl (C=O) groups is 1. The molecule has 19 heavy (non-hydrogen) atoms. The van der Waals surface area contributed by atoms with Crippen LogP contribution >= 0.6 is 11.3 Å². The molecule has 0 aliphatic heterocycles. The first-order chi connectivity index (χ1) is 9.26. The highest BCUT2D eigenvalue weighted by molar-refractivity contribution is 7.17. The number of benzene rings is 1. The van der Waals surface area contributed by atoms with Gasteiger partial charge in [0.25, 0.3) is 0 Å². The number of methoxy groups -OCH3 is 1. The number of likely N-dealkylation sites (N-methyl/N-ethyl adjacent to an activating group) is 1. The Balaban J connectivity index is 2.30. The zero-order chi connectivity index (χ0) is 13.7. The van der Waals surface area contributed by atoms with Crippen LogP contribution in [-0.4, -0.2) is 38.6 Å². The van der Waals surface area contributed by atoms with Gasteiger partial charge in [-0.1, -0.05) is 41.7 Å². The summed E-state index contributed by atoms with van der Waals surface area (Å²) in [5, 5.41) is 0.831. The van der Waals surface area contributed by atoms with Crippen molar-refractivity contribution in [2.75, 3.05) is 32.2 Å². The van der Waals surface area contributed by atoms with E-state index in [1.165, 1.54) is 11.3 Å². The van der Waals surface area contributed by atoms with Gasteiger partial charge in [-0.05, 0) is 0 Å². The van der Waals surface area contributed by atoms with Crippen LogP contribution in [0.5, 0.6) is 0 Å². The van der Waals surface area contributed by atoms with Gasteiger partial charge in [0.15, 0.2) is 11.4 Å². The van der Waals surface area contributed by atoms with Crippen LogP contribution in [0.3, 0.4) is 0 Å². The molecule has 0 aliphatic rings. The maximum Gasteiger partial charge on any atom is 0.186 e. The molecule has 0 saturated carbocycles. The molecule has 0 atom stereocenters. The van der Waals surface area contributed by atoms with Gasteiger partial charge >= 0.3 is 0 Å². The summed E-state index contributed by atoms with van der Waals surface area (Å²) in [6, 6.07) is 9.75. The average Bonchev–Trinajstić information content (AvgIpc) is 2.90. The number of hydrogen-bond donors (Lipinski definition) is 0. The maximum atomic E-state index is 11.2. The lowest BCUT2D eigenvalue weighted by Gasteiger charge is -2.14. The second-order valence-electron chi connectivity index (χ2n) is 4.11. The monoisotopic (exact) mass is 276 g/mol. The predicted molar refractivity (Wildman–Crippen MR) is 78.1 cm³/mol. The van der Waals surface area contributed by atoms with Crippen molar-refractivity contribution in [2.24, 2.45) is 0 Å².